The zero-order valence-corrected chi connectivity index (χ0v) is 13.5. The summed E-state index contributed by atoms with van der Waals surface area (Å²) < 4.78 is 26.1. The van der Waals surface area contributed by atoms with Gasteiger partial charge >= 0.3 is 6.03 Å². The van der Waals surface area contributed by atoms with E-state index in [4.69, 9.17) is 0 Å². The van der Waals surface area contributed by atoms with E-state index in [1.807, 2.05) is 0 Å². The van der Waals surface area contributed by atoms with Gasteiger partial charge in [0.05, 0.1) is 0 Å². The molecule has 0 aliphatic carbocycles. The van der Waals surface area contributed by atoms with E-state index >= 15 is 0 Å². The number of hydrogen-bond donors (Lipinski definition) is 1. The molecule has 6 heteroatoms. The fourth-order valence-corrected chi connectivity index (χ4v) is 2.96. The lowest BCUT2D eigenvalue weighted by Gasteiger charge is -2.31. The Morgan fingerprint density at radius 3 is 2.28 bits per heavy atom. The van der Waals surface area contributed by atoms with Gasteiger partial charge in [0.1, 0.15) is 11.6 Å². The van der Waals surface area contributed by atoms with Crippen molar-refractivity contribution in [1.82, 2.24) is 4.90 Å². The zero-order chi connectivity index (χ0) is 17.8. The lowest BCUT2D eigenvalue weighted by Crippen LogP contribution is -2.42. The van der Waals surface area contributed by atoms with Gasteiger partial charge in [-0.1, -0.05) is 6.07 Å². The third-order valence-electron chi connectivity index (χ3n) is 4.36. The molecule has 1 aliphatic rings. The number of ketones is 1. The first-order valence-electron chi connectivity index (χ1n) is 8.14. The third-order valence-corrected chi connectivity index (χ3v) is 4.36. The zero-order valence-electron chi connectivity index (χ0n) is 13.5. The summed E-state index contributed by atoms with van der Waals surface area (Å²) in [6, 6.07) is 10.9. The number of anilines is 1. The van der Waals surface area contributed by atoms with E-state index in [1.165, 1.54) is 42.5 Å². The van der Waals surface area contributed by atoms with Crippen molar-refractivity contribution in [2.45, 2.75) is 12.8 Å². The van der Waals surface area contributed by atoms with E-state index in [-0.39, 0.29) is 23.5 Å². The van der Waals surface area contributed by atoms with Gasteiger partial charge in [0.2, 0.25) is 0 Å². The van der Waals surface area contributed by atoms with Gasteiger partial charge in [-0.3, -0.25) is 4.79 Å². The minimum absolute atomic E-state index is 0.0230. The first-order valence-corrected chi connectivity index (χ1v) is 8.14. The summed E-state index contributed by atoms with van der Waals surface area (Å²) in [6.07, 6.45) is 1.10. The van der Waals surface area contributed by atoms with Gasteiger partial charge in [-0.15, -0.1) is 0 Å². The van der Waals surface area contributed by atoms with E-state index in [1.54, 1.807) is 11.0 Å². The van der Waals surface area contributed by atoms with Gasteiger partial charge in [-0.25, -0.2) is 13.6 Å². The maximum absolute atomic E-state index is 13.2. The molecule has 0 spiro atoms. The van der Waals surface area contributed by atoms with Gasteiger partial charge in [0.25, 0.3) is 0 Å². The number of likely N-dealkylation sites (tertiary alicyclic amines) is 1. The molecule has 2 aromatic carbocycles. The largest absolute Gasteiger partial charge is 0.324 e. The molecule has 25 heavy (non-hydrogen) atoms. The van der Waals surface area contributed by atoms with E-state index in [9.17, 15) is 18.4 Å². The summed E-state index contributed by atoms with van der Waals surface area (Å²) in [6.45, 7) is 0.886. The standard InChI is InChI=1S/C19H18F2N2O2/c20-15-6-4-13(5-7-15)18(24)14-8-10-23(11-9-14)19(25)22-17-3-1-2-16(21)12-17/h1-7,12,14H,8-11H2,(H,22,25). The molecule has 0 saturated carbocycles. The molecule has 3 rings (SSSR count). The Kier molecular flexibility index (Phi) is 5.07. The van der Waals surface area contributed by atoms with E-state index < -0.39 is 5.82 Å². The van der Waals surface area contributed by atoms with Crippen molar-refractivity contribution in [2.75, 3.05) is 18.4 Å². The molecule has 1 saturated heterocycles. The van der Waals surface area contributed by atoms with Gasteiger partial charge in [0.15, 0.2) is 5.78 Å². The van der Waals surface area contributed by atoms with Crippen LogP contribution < -0.4 is 5.32 Å². The number of carbonyl (C=O) groups excluding carboxylic acids is 2. The Labute approximate surface area is 144 Å². The van der Waals surface area contributed by atoms with E-state index in [0.29, 0.717) is 37.2 Å². The maximum atomic E-state index is 13.2. The van der Waals surface area contributed by atoms with Crippen LogP contribution in [-0.2, 0) is 0 Å². The molecule has 4 nitrogen and oxygen atoms in total. The molecule has 2 amide bonds. The van der Waals surface area contributed by atoms with Gasteiger partial charge in [-0.05, 0) is 55.3 Å². The molecular weight excluding hydrogens is 326 g/mol. The van der Waals surface area contributed by atoms with Crippen molar-refractivity contribution in [3.8, 4) is 0 Å². The first-order chi connectivity index (χ1) is 12.0. The van der Waals surface area contributed by atoms with Gasteiger partial charge < -0.3 is 10.2 Å². The molecule has 1 fully saturated rings. The highest BCUT2D eigenvalue weighted by Gasteiger charge is 2.28. The predicted octanol–water partition coefficient (Wildman–Crippen LogP) is 4.09. The predicted molar refractivity (Wildman–Crippen MR) is 90.4 cm³/mol. The third kappa shape index (κ3) is 4.21. The number of benzene rings is 2. The fourth-order valence-electron chi connectivity index (χ4n) is 2.96. The number of piperidine rings is 1. The Bertz CT molecular complexity index is 769. The number of nitrogens with zero attached hydrogens (tertiary/aromatic N) is 1. The molecule has 0 radical (unpaired) electrons. The number of carbonyl (C=O) groups is 2. The minimum atomic E-state index is -0.415. The molecule has 130 valence electrons. The summed E-state index contributed by atoms with van der Waals surface area (Å²) in [7, 11) is 0. The van der Waals surface area contributed by atoms with Crippen LogP contribution in [0.3, 0.4) is 0 Å². The number of amides is 2. The van der Waals surface area contributed by atoms with Crippen molar-refractivity contribution >= 4 is 17.5 Å². The van der Waals surface area contributed by atoms with Crippen LogP contribution in [0.15, 0.2) is 48.5 Å². The average Bonchev–Trinajstić information content (AvgIpc) is 2.62. The lowest BCUT2D eigenvalue weighted by molar-refractivity contribution is 0.0859. The van der Waals surface area contributed by atoms with Crippen LogP contribution in [0.25, 0.3) is 0 Å². The second kappa shape index (κ2) is 7.42. The van der Waals surface area contributed by atoms with Crippen LogP contribution in [0.4, 0.5) is 19.3 Å². The number of Topliss-reactive ketones (excluding diaryl/α,β-unsaturated/α-hetero) is 1. The number of hydrogen-bond acceptors (Lipinski definition) is 2. The molecule has 0 unspecified atom stereocenters. The van der Waals surface area contributed by atoms with E-state index in [0.717, 1.165) is 0 Å². The number of rotatable bonds is 3. The Morgan fingerprint density at radius 1 is 0.960 bits per heavy atom. The summed E-state index contributed by atoms with van der Waals surface area (Å²) in [5.74, 6) is -0.990. The fraction of sp³-hybridized carbons (Fsp3) is 0.263. The monoisotopic (exact) mass is 344 g/mol. The summed E-state index contributed by atoms with van der Waals surface area (Å²) >= 11 is 0. The lowest BCUT2D eigenvalue weighted by atomic mass is 9.89. The first kappa shape index (κ1) is 17.1. The molecule has 1 aliphatic heterocycles. The van der Waals surface area contributed by atoms with Crippen LogP contribution in [0, 0.1) is 17.6 Å². The minimum Gasteiger partial charge on any atom is -0.324 e. The molecule has 1 heterocycles. The molecule has 2 aromatic rings. The van der Waals surface area contributed by atoms with Crippen molar-refractivity contribution in [3.05, 3.63) is 65.7 Å². The van der Waals surface area contributed by atoms with Crippen LogP contribution in [0.1, 0.15) is 23.2 Å². The molecule has 0 aromatic heterocycles. The van der Waals surface area contributed by atoms with Crippen LogP contribution in [-0.4, -0.2) is 29.8 Å². The summed E-state index contributed by atoms with van der Waals surface area (Å²) in [4.78, 5) is 26.3. The topological polar surface area (TPSA) is 49.4 Å². The molecule has 0 atom stereocenters. The molecular formula is C19H18F2N2O2. The Morgan fingerprint density at radius 2 is 1.64 bits per heavy atom. The Balaban J connectivity index is 1.55. The maximum Gasteiger partial charge on any atom is 0.321 e. The van der Waals surface area contributed by atoms with Crippen molar-refractivity contribution in [3.63, 3.8) is 0 Å². The van der Waals surface area contributed by atoms with Gasteiger partial charge in [-0.2, -0.15) is 0 Å². The van der Waals surface area contributed by atoms with Gasteiger partial charge in [0, 0.05) is 30.3 Å². The van der Waals surface area contributed by atoms with Crippen molar-refractivity contribution < 1.29 is 18.4 Å². The van der Waals surface area contributed by atoms with Crippen LogP contribution >= 0.6 is 0 Å². The number of nitrogens with one attached hydrogen (secondary N) is 1. The number of urea groups is 1. The van der Waals surface area contributed by atoms with Crippen molar-refractivity contribution in [1.29, 1.82) is 0 Å². The number of halogens is 2. The summed E-state index contributed by atoms with van der Waals surface area (Å²) in [5.41, 5.74) is 0.888. The average molecular weight is 344 g/mol. The van der Waals surface area contributed by atoms with Crippen LogP contribution in [0.2, 0.25) is 0 Å². The van der Waals surface area contributed by atoms with Crippen molar-refractivity contribution in [2.24, 2.45) is 5.92 Å². The van der Waals surface area contributed by atoms with E-state index in [2.05, 4.69) is 5.32 Å². The summed E-state index contributed by atoms with van der Waals surface area (Å²) in [5, 5.41) is 2.65. The molecule has 1 N–H and O–H groups in total. The highest BCUT2D eigenvalue weighted by Crippen LogP contribution is 2.22. The quantitative estimate of drug-likeness (QED) is 0.853. The SMILES string of the molecule is O=C(c1ccc(F)cc1)C1CCN(C(=O)Nc2cccc(F)c2)CC1. The second-order valence-corrected chi connectivity index (χ2v) is 6.07. The molecule has 0 bridgehead atoms. The van der Waals surface area contributed by atoms with Crippen LogP contribution in [0.5, 0.6) is 0 Å². The highest BCUT2D eigenvalue weighted by molar-refractivity contribution is 5.98. The Hall–Kier alpha value is -2.76. The highest BCUT2D eigenvalue weighted by atomic mass is 19.1. The normalized spacial score (nSPS) is 15.0. The second-order valence-electron chi connectivity index (χ2n) is 6.07. The smallest absolute Gasteiger partial charge is 0.321 e.